The van der Waals surface area contributed by atoms with E-state index in [0.717, 1.165) is 25.7 Å². The smallest absolute Gasteiger partial charge is 0.332 e. The molecule has 0 heterocycles. The van der Waals surface area contributed by atoms with Gasteiger partial charge < -0.3 is 14.2 Å². The Morgan fingerprint density at radius 3 is 2.24 bits per heavy atom. The SMILES string of the molecule is COC1(C)CCC(C(C)(C)OC(=O)COCC(C)=O)CC1. The zero-order chi connectivity index (χ0) is 16.1. The third-order valence-electron chi connectivity index (χ3n) is 4.42. The highest BCUT2D eigenvalue weighted by atomic mass is 16.6. The summed E-state index contributed by atoms with van der Waals surface area (Å²) in [5.74, 6) is -0.202. The van der Waals surface area contributed by atoms with Crippen LogP contribution in [0.25, 0.3) is 0 Å². The van der Waals surface area contributed by atoms with E-state index in [1.807, 2.05) is 13.8 Å². The van der Waals surface area contributed by atoms with Crippen molar-refractivity contribution in [3.05, 3.63) is 0 Å². The van der Waals surface area contributed by atoms with Crippen LogP contribution in [0.5, 0.6) is 0 Å². The minimum atomic E-state index is -0.522. The van der Waals surface area contributed by atoms with Crippen molar-refractivity contribution in [2.45, 2.75) is 64.6 Å². The Hall–Kier alpha value is -0.940. The summed E-state index contributed by atoms with van der Waals surface area (Å²) in [6, 6.07) is 0. The molecule has 0 aromatic carbocycles. The van der Waals surface area contributed by atoms with Crippen molar-refractivity contribution in [3.8, 4) is 0 Å². The largest absolute Gasteiger partial charge is 0.458 e. The Kier molecular flexibility index (Phi) is 6.35. The molecule has 1 fully saturated rings. The lowest BCUT2D eigenvalue weighted by Crippen LogP contribution is -2.43. The van der Waals surface area contributed by atoms with Gasteiger partial charge in [-0.1, -0.05) is 0 Å². The van der Waals surface area contributed by atoms with Gasteiger partial charge >= 0.3 is 5.97 Å². The molecule has 1 aliphatic carbocycles. The zero-order valence-corrected chi connectivity index (χ0v) is 13.9. The molecule has 0 bridgehead atoms. The molecular weight excluding hydrogens is 272 g/mol. The summed E-state index contributed by atoms with van der Waals surface area (Å²) >= 11 is 0. The van der Waals surface area contributed by atoms with E-state index in [9.17, 15) is 9.59 Å². The fraction of sp³-hybridized carbons (Fsp3) is 0.875. The number of carbonyl (C=O) groups excluding carboxylic acids is 2. The number of esters is 1. The molecule has 0 radical (unpaired) electrons. The fourth-order valence-electron chi connectivity index (χ4n) is 2.81. The summed E-state index contributed by atoms with van der Waals surface area (Å²) < 4.78 is 16.1. The molecule has 0 atom stereocenters. The van der Waals surface area contributed by atoms with Crippen molar-refractivity contribution in [2.24, 2.45) is 5.92 Å². The maximum absolute atomic E-state index is 11.8. The van der Waals surface area contributed by atoms with Crippen LogP contribution in [0.2, 0.25) is 0 Å². The van der Waals surface area contributed by atoms with Crippen LogP contribution in [-0.4, -0.2) is 43.3 Å². The first kappa shape index (κ1) is 18.1. The number of hydrogen-bond donors (Lipinski definition) is 0. The Balaban J connectivity index is 2.43. The van der Waals surface area contributed by atoms with Crippen LogP contribution >= 0.6 is 0 Å². The van der Waals surface area contributed by atoms with Gasteiger partial charge in [-0.2, -0.15) is 0 Å². The van der Waals surface area contributed by atoms with Gasteiger partial charge in [0.05, 0.1) is 5.60 Å². The summed E-state index contributed by atoms with van der Waals surface area (Å²) in [5.41, 5.74) is -0.576. The van der Waals surface area contributed by atoms with Crippen molar-refractivity contribution >= 4 is 11.8 Å². The number of Topliss-reactive ketones (excluding diaryl/α,β-unsaturated/α-hetero) is 1. The lowest BCUT2D eigenvalue weighted by Gasteiger charge is -2.42. The second-order valence-corrected chi connectivity index (χ2v) is 6.70. The van der Waals surface area contributed by atoms with Crippen LogP contribution in [0.1, 0.15) is 53.4 Å². The molecule has 5 heteroatoms. The van der Waals surface area contributed by atoms with Crippen LogP contribution in [0, 0.1) is 5.92 Å². The molecule has 0 aliphatic heterocycles. The van der Waals surface area contributed by atoms with Gasteiger partial charge in [0.25, 0.3) is 0 Å². The second-order valence-electron chi connectivity index (χ2n) is 6.70. The Morgan fingerprint density at radius 2 is 1.76 bits per heavy atom. The van der Waals surface area contributed by atoms with E-state index in [4.69, 9.17) is 14.2 Å². The summed E-state index contributed by atoms with van der Waals surface area (Å²) in [7, 11) is 1.75. The van der Waals surface area contributed by atoms with Gasteiger partial charge in [0.15, 0.2) is 5.78 Å². The summed E-state index contributed by atoms with van der Waals surface area (Å²) in [5, 5.41) is 0. The first-order chi connectivity index (χ1) is 9.68. The molecule has 0 aromatic heterocycles. The van der Waals surface area contributed by atoms with Crippen molar-refractivity contribution < 1.29 is 23.8 Å². The average Bonchev–Trinajstić information content (AvgIpc) is 2.38. The maximum Gasteiger partial charge on any atom is 0.332 e. The molecule has 1 aliphatic rings. The molecule has 122 valence electrons. The summed E-state index contributed by atoms with van der Waals surface area (Å²) in [6.07, 6.45) is 3.88. The topological polar surface area (TPSA) is 61.8 Å². The van der Waals surface area contributed by atoms with Crippen LogP contribution < -0.4 is 0 Å². The van der Waals surface area contributed by atoms with Crippen LogP contribution in [0.15, 0.2) is 0 Å². The molecule has 1 rings (SSSR count). The number of carbonyl (C=O) groups is 2. The predicted octanol–water partition coefficient (Wildman–Crippen LogP) is 2.51. The van der Waals surface area contributed by atoms with Gasteiger partial charge in [-0.25, -0.2) is 4.79 Å². The Bertz CT molecular complexity index is 367. The average molecular weight is 300 g/mol. The minimum Gasteiger partial charge on any atom is -0.458 e. The van der Waals surface area contributed by atoms with E-state index in [2.05, 4.69) is 6.92 Å². The molecule has 0 spiro atoms. The van der Waals surface area contributed by atoms with E-state index in [-0.39, 0.29) is 24.6 Å². The minimum absolute atomic E-state index is 0.0504. The van der Waals surface area contributed by atoms with E-state index < -0.39 is 11.6 Å². The molecule has 0 N–H and O–H groups in total. The number of hydrogen-bond acceptors (Lipinski definition) is 5. The first-order valence-corrected chi connectivity index (χ1v) is 7.53. The lowest BCUT2D eigenvalue weighted by atomic mass is 9.73. The van der Waals surface area contributed by atoms with Gasteiger partial charge in [-0.15, -0.1) is 0 Å². The van der Waals surface area contributed by atoms with Gasteiger partial charge in [-0.3, -0.25) is 4.79 Å². The van der Waals surface area contributed by atoms with Gasteiger partial charge in [0.1, 0.15) is 18.8 Å². The highest BCUT2D eigenvalue weighted by Crippen LogP contribution is 2.40. The number of rotatable bonds is 7. The van der Waals surface area contributed by atoms with E-state index in [1.165, 1.54) is 6.92 Å². The van der Waals surface area contributed by atoms with E-state index in [1.54, 1.807) is 7.11 Å². The number of methoxy groups -OCH3 is 1. The summed E-state index contributed by atoms with van der Waals surface area (Å²) in [6.45, 7) is 7.20. The molecule has 21 heavy (non-hydrogen) atoms. The van der Waals surface area contributed by atoms with Gasteiger partial charge in [0.2, 0.25) is 0 Å². The monoisotopic (exact) mass is 300 g/mol. The van der Waals surface area contributed by atoms with Crippen molar-refractivity contribution in [2.75, 3.05) is 20.3 Å². The third kappa shape index (κ3) is 5.75. The normalized spacial score (nSPS) is 26.4. The number of ketones is 1. The fourth-order valence-corrected chi connectivity index (χ4v) is 2.81. The van der Waals surface area contributed by atoms with Crippen molar-refractivity contribution in [3.63, 3.8) is 0 Å². The summed E-state index contributed by atoms with van der Waals surface area (Å²) in [4.78, 5) is 22.5. The molecule has 0 aromatic rings. The van der Waals surface area contributed by atoms with E-state index in [0.29, 0.717) is 5.92 Å². The van der Waals surface area contributed by atoms with Gasteiger partial charge in [0, 0.05) is 7.11 Å². The molecule has 0 saturated heterocycles. The quantitative estimate of drug-likeness (QED) is 0.676. The third-order valence-corrected chi connectivity index (χ3v) is 4.42. The maximum atomic E-state index is 11.8. The standard InChI is InChI=1S/C16H28O5/c1-12(17)10-20-11-14(18)21-15(2,3)13-6-8-16(4,19-5)9-7-13/h13H,6-11H2,1-5H3. The predicted molar refractivity (Wildman–Crippen MR) is 79.0 cm³/mol. The Labute approximate surface area is 127 Å². The molecule has 0 unspecified atom stereocenters. The lowest BCUT2D eigenvalue weighted by molar-refractivity contribution is -0.170. The molecule has 5 nitrogen and oxygen atoms in total. The molecule has 0 amide bonds. The van der Waals surface area contributed by atoms with Crippen molar-refractivity contribution in [1.82, 2.24) is 0 Å². The Morgan fingerprint density at radius 1 is 1.19 bits per heavy atom. The van der Waals surface area contributed by atoms with Crippen molar-refractivity contribution in [1.29, 1.82) is 0 Å². The highest BCUT2D eigenvalue weighted by molar-refractivity contribution is 5.77. The highest BCUT2D eigenvalue weighted by Gasteiger charge is 2.40. The van der Waals surface area contributed by atoms with Crippen LogP contribution in [0.4, 0.5) is 0 Å². The van der Waals surface area contributed by atoms with Gasteiger partial charge in [-0.05, 0) is 59.3 Å². The van der Waals surface area contributed by atoms with E-state index >= 15 is 0 Å². The van der Waals surface area contributed by atoms with Crippen LogP contribution in [-0.2, 0) is 23.8 Å². The zero-order valence-electron chi connectivity index (χ0n) is 13.9. The van der Waals surface area contributed by atoms with Crippen LogP contribution in [0.3, 0.4) is 0 Å². The number of ether oxygens (including phenoxy) is 3. The molecular formula is C16H28O5. The molecule has 1 saturated carbocycles. The second kappa shape index (κ2) is 7.36. The first-order valence-electron chi connectivity index (χ1n) is 7.53.